The third kappa shape index (κ3) is 3.08. The molecule has 1 saturated heterocycles. The lowest BCUT2D eigenvalue weighted by Gasteiger charge is -1.94. The van der Waals surface area contributed by atoms with Gasteiger partial charge >= 0.3 is 5.97 Å². The molecule has 5 nitrogen and oxygen atoms in total. The van der Waals surface area contributed by atoms with Gasteiger partial charge in [0.2, 0.25) is 0 Å². The van der Waals surface area contributed by atoms with Crippen molar-refractivity contribution in [2.45, 2.75) is 0 Å². The average molecular weight is 233 g/mol. The van der Waals surface area contributed by atoms with E-state index in [0.717, 1.165) is 23.7 Å². The molecule has 1 fully saturated rings. The van der Waals surface area contributed by atoms with Crippen LogP contribution in [0.4, 0.5) is 0 Å². The lowest BCUT2D eigenvalue weighted by atomic mass is 10.4. The highest BCUT2D eigenvalue weighted by molar-refractivity contribution is 8.25. The number of hydrogen-bond acceptors (Lipinski definition) is 5. The quantitative estimate of drug-likeness (QED) is 0.452. The first-order chi connectivity index (χ1) is 6.61. The molecule has 0 aromatic heterocycles. The molecule has 7 heteroatoms. The van der Waals surface area contributed by atoms with Crippen LogP contribution in [0.1, 0.15) is 0 Å². The summed E-state index contributed by atoms with van der Waals surface area (Å²) in [5.74, 6) is 0.481. The number of nitro groups is 1. The molecule has 0 radical (unpaired) electrons. The van der Waals surface area contributed by atoms with E-state index in [1.165, 1.54) is 23.5 Å². The van der Waals surface area contributed by atoms with Crippen LogP contribution in [0.15, 0.2) is 22.1 Å². The highest BCUT2D eigenvalue weighted by atomic mass is 32.2. The molecule has 1 heterocycles. The minimum atomic E-state index is -1.18. The van der Waals surface area contributed by atoms with E-state index < -0.39 is 10.9 Å². The SMILES string of the molecule is O=C(O)C=CC(=C1SCCS1)[N+](=O)[O-]. The summed E-state index contributed by atoms with van der Waals surface area (Å²) in [5.41, 5.74) is -0.125. The first-order valence-electron chi connectivity index (χ1n) is 3.66. The number of carboxylic acid groups (broad SMARTS) is 1. The fourth-order valence-corrected chi connectivity index (χ4v) is 3.26. The molecular formula is C7H7NO4S2. The molecule has 1 aliphatic heterocycles. The summed E-state index contributed by atoms with van der Waals surface area (Å²) in [6, 6.07) is 0. The second-order valence-corrected chi connectivity index (χ2v) is 4.77. The zero-order valence-corrected chi connectivity index (χ0v) is 8.64. The maximum atomic E-state index is 10.6. The van der Waals surface area contributed by atoms with Crippen LogP contribution >= 0.6 is 23.5 Å². The van der Waals surface area contributed by atoms with Gasteiger partial charge in [0.05, 0.1) is 4.92 Å². The minimum Gasteiger partial charge on any atom is -0.478 e. The number of thioether (sulfide) groups is 2. The number of allylic oxidation sites excluding steroid dienone is 1. The zero-order chi connectivity index (χ0) is 10.6. The van der Waals surface area contributed by atoms with Crippen molar-refractivity contribution in [1.82, 2.24) is 0 Å². The minimum absolute atomic E-state index is 0.125. The molecule has 0 saturated carbocycles. The number of carboxylic acids is 1. The van der Waals surface area contributed by atoms with Crippen molar-refractivity contribution < 1.29 is 14.8 Å². The fourth-order valence-electron chi connectivity index (χ4n) is 0.812. The summed E-state index contributed by atoms with van der Waals surface area (Å²) in [4.78, 5) is 20.2. The van der Waals surface area contributed by atoms with Crippen molar-refractivity contribution in [3.63, 3.8) is 0 Å². The molecule has 0 aromatic rings. The van der Waals surface area contributed by atoms with E-state index >= 15 is 0 Å². The second-order valence-electron chi connectivity index (χ2n) is 2.30. The largest absolute Gasteiger partial charge is 0.478 e. The third-order valence-corrected chi connectivity index (χ3v) is 4.06. The van der Waals surface area contributed by atoms with Gasteiger partial charge in [-0.25, -0.2) is 4.79 Å². The van der Waals surface area contributed by atoms with E-state index in [-0.39, 0.29) is 5.70 Å². The first kappa shape index (κ1) is 11.1. The van der Waals surface area contributed by atoms with E-state index in [2.05, 4.69) is 0 Å². The molecule has 0 bridgehead atoms. The number of rotatable bonds is 3. The van der Waals surface area contributed by atoms with Crippen LogP contribution in [0.25, 0.3) is 0 Å². The molecule has 0 atom stereocenters. The third-order valence-electron chi connectivity index (χ3n) is 1.34. The van der Waals surface area contributed by atoms with Gasteiger partial charge < -0.3 is 5.11 Å². The zero-order valence-electron chi connectivity index (χ0n) is 7.00. The molecule has 0 spiro atoms. The Labute approximate surface area is 88.4 Å². The van der Waals surface area contributed by atoms with Gasteiger partial charge in [-0.1, -0.05) is 0 Å². The van der Waals surface area contributed by atoms with Crippen LogP contribution in [-0.2, 0) is 4.79 Å². The Morgan fingerprint density at radius 1 is 1.43 bits per heavy atom. The molecule has 0 amide bonds. The van der Waals surface area contributed by atoms with Gasteiger partial charge in [-0.2, -0.15) is 0 Å². The Bertz CT molecular complexity index is 316. The second kappa shape index (κ2) is 5.06. The molecule has 0 aliphatic carbocycles. The van der Waals surface area contributed by atoms with Crippen LogP contribution in [0, 0.1) is 10.1 Å². The fraction of sp³-hybridized carbons (Fsp3) is 0.286. The van der Waals surface area contributed by atoms with Gasteiger partial charge in [-0.15, -0.1) is 23.5 Å². The van der Waals surface area contributed by atoms with Crippen LogP contribution in [0.3, 0.4) is 0 Å². The van der Waals surface area contributed by atoms with E-state index in [1.54, 1.807) is 0 Å². The van der Waals surface area contributed by atoms with Crippen molar-refractivity contribution >= 4 is 29.5 Å². The Morgan fingerprint density at radius 3 is 2.43 bits per heavy atom. The van der Waals surface area contributed by atoms with Crippen molar-refractivity contribution in [2.75, 3.05) is 11.5 Å². The Kier molecular flexibility index (Phi) is 4.02. The summed E-state index contributed by atoms with van der Waals surface area (Å²) in [5, 5.41) is 18.9. The standard InChI is InChI=1S/C7H7NO4S2/c9-6(10)2-1-5(8(11)12)7-13-3-4-14-7/h1-2H,3-4H2,(H,9,10). The molecule has 0 aromatic carbocycles. The predicted molar refractivity (Wildman–Crippen MR) is 55.7 cm³/mol. The topological polar surface area (TPSA) is 80.4 Å². The van der Waals surface area contributed by atoms with Gasteiger partial charge in [0.15, 0.2) is 0 Å². The lowest BCUT2D eigenvalue weighted by molar-refractivity contribution is -0.419. The maximum Gasteiger partial charge on any atom is 0.328 e. The van der Waals surface area contributed by atoms with Crippen molar-refractivity contribution in [1.29, 1.82) is 0 Å². The number of carbonyl (C=O) groups is 1. The van der Waals surface area contributed by atoms with Crippen LogP contribution in [0.5, 0.6) is 0 Å². The van der Waals surface area contributed by atoms with E-state index in [0.29, 0.717) is 4.24 Å². The summed E-state index contributed by atoms with van der Waals surface area (Å²) in [7, 11) is 0. The molecule has 1 rings (SSSR count). The van der Waals surface area contributed by atoms with Crippen LogP contribution in [0.2, 0.25) is 0 Å². The highest BCUT2D eigenvalue weighted by Crippen LogP contribution is 2.38. The smallest absolute Gasteiger partial charge is 0.328 e. The van der Waals surface area contributed by atoms with Gasteiger partial charge in [-0.3, -0.25) is 10.1 Å². The van der Waals surface area contributed by atoms with Crippen molar-refractivity contribution in [3.05, 3.63) is 32.2 Å². The molecule has 0 unspecified atom stereocenters. The van der Waals surface area contributed by atoms with Gasteiger partial charge in [-0.05, 0) is 0 Å². The van der Waals surface area contributed by atoms with Gasteiger partial charge in [0, 0.05) is 23.7 Å². The Balaban J connectivity index is 2.89. The van der Waals surface area contributed by atoms with Gasteiger partial charge in [0.1, 0.15) is 4.24 Å². The predicted octanol–water partition coefficient (Wildman–Crippen LogP) is 1.55. The van der Waals surface area contributed by atoms with Crippen molar-refractivity contribution in [3.8, 4) is 0 Å². The number of hydrogen-bond donors (Lipinski definition) is 1. The maximum absolute atomic E-state index is 10.6. The Morgan fingerprint density at radius 2 is 2.00 bits per heavy atom. The van der Waals surface area contributed by atoms with E-state index in [4.69, 9.17) is 5.11 Å². The number of nitrogens with zero attached hydrogens (tertiary/aromatic N) is 1. The highest BCUT2D eigenvalue weighted by Gasteiger charge is 2.20. The first-order valence-corrected chi connectivity index (χ1v) is 5.63. The molecule has 1 N–H and O–H groups in total. The van der Waals surface area contributed by atoms with Crippen LogP contribution < -0.4 is 0 Å². The molecule has 76 valence electrons. The van der Waals surface area contributed by atoms with E-state index in [1.807, 2.05) is 0 Å². The number of aliphatic carboxylic acids is 1. The molecular weight excluding hydrogens is 226 g/mol. The normalized spacial score (nSPS) is 16.1. The monoisotopic (exact) mass is 233 g/mol. The Hall–Kier alpha value is -0.950. The molecule has 14 heavy (non-hydrogen) atoms. The summed E-state index contributed by atoms with van der Waals surface area (Å²) >= 11 is 2.77. The lowest BCUT2D eigenvalue weighted by Crippen LogP contribution is -1.98. The van der Waals surface area contributed by atoms with Crippen molar-refractivity contribution in [2.24, 2.45) is 0 Å². The summed E-state index contributed by atoms with van der Waals surface area (Å²) in [6.45, 7) is 0. The van der Waals surface area contributed by atoms with E-state index in [9.17, 15) is 14.9 Å². The summed E-state index contributed by atoms with van der Waals surface area (Å²) in [6.07, 6.45) is 1.81. The van der Waals surface area contributed by atoms with Gasteiger partial charge in [0.25, 0.3) is 5.70 Å². The summed E-state index contributed by atoms with van der Waals surface area (Å²) < 4.78 is 0.590. The van der Waals surface area contributed by atoms with Crippen LogP contribution in [-0.4, -0.2) is 27.5 Å². The average Bonchev–Trinajstić information content (AvgIpc) is 2.56. The molecule has 1 aliphatic rings.